The van der Waals surface area contributed by atoms with Crippen molar-refractivity contribution in [1.29, 1.82) is 0 Å². The van der Waals surface area contributed by atoms with Gasteiger partial charge >= 0.3 is 0 Å². The number of pyridine rings is 2. The lowest BCUT2D eigenvalue weighted by molar-refractivity contribution is 0.312. The second-order valence-corrected chi connectivity index (χ2v) is 8.67. The van der Waals surface area contributed by atoms with E-state index >= 15 is 0 Å². The first-order valence-electron chi connectivity index (χ1n) is 11.2. The average Bonchev–Trinajstić information content (AvgIpc) is 3.42. The molecule has 0 aromatic carbocycles. The third-order valence-corrected chi connectivity index (χ3v) is 6.20. The molecule has 6 heterocycles. The number of nitrogens with one attached hydrogen (secondary N) is 2. The van der Waals surface area contributed by atoms with Gasteiger partial charge in [0.1, 0.15) is 11.5 Å². The Morgan fingerprint density at radius 3 is 2.76 bits per heavy atom. The minimum absolute atomic E-state index is 0.317. The average molecular weight is 458 g/mol. The number of fused-ring (bicyclic) bond motifs is 2. The van der Waals surface area contributed by atoms with E-state index in [0.29, 0.717) is 17.2 Å². The van der Waals surface area contributed by atoms with Crippen molar-refractivity contribution in [3.63, 3.8) is 0 Å². The molecule has 172 valence electrons. The fourth-order valence-electron chi connectivity index (χ4n) is 4.37. The molecular formula is C24H24FN9. The molecule has 0 atom stereocenters. The van der Waals surface area contributed by atoms with E-state index in [1.807, 2.05) is 31.5 Å². The van der Waals surface area contributed by atoms with Gasteiger partial charge in [0.25, 0.3) is 0 Å². The summed E-state index contributed by atoms with van der Waals surface area (Å²) in [6.07, 6.45) is 9.04. The summed E-state index contributed by atoms with van der Waals surface area (Å²) in [5.74, 6) is 1.05. The number of anilines is 3. The minimum atomic E-state index is -0.368. The van der Waals surface area contributed by atoms with Crippen LogP contribution in [-0.2, 0) is 0 Å². The number of aromatic nitrogens is 6. The van der Waals surface area contributed by atoms with Gasteiger partial charge in [-0.3, -0.25) is 0 Å². The highest BCUT2D eigenvalue weighted by Gasteiger charge is 2.16. The van der Waals surface area contributed by atoms with Crippen LogP contribution in [0.3, 0.4) is 0 Å². The smallest absolute Gasteiger partial charge is 0.229 e. The van der Waals surface area contributed by atoms with E-state index in [0.717, 1.165) is 59.9 Å². The maximum absolute atomic E-state index is 14.6. The summed E-state index contributed by atoms with van der Waals surface area (Å²) < 4.78 is 16.3. The maximum Gasteiger partial charge on any atom is 0.229 e. The Kier molecular flexibility index (Phi) is 4.88. The number of hydrogen-bond acceptors (Lipinski definition) is 7. The molecule has 5 aromatic rings. The van der Waals surface area contributed by atoms with Crippen LogP contribution in [0.4, 0.5) is 21.8 Å². The molecule has 0 bridgehead atoms. The first-order chi connectivity index (χ1) is 16.5. The highest BCUT2D eigenvalue weighted by atomic mass is 19.1. The molecule has 0 radical (unpaired) electrons. The first-order valence-corrected chi connectivity index (χ1v) is 11.2. The summed E-state index contributed by atoms with van der Waals surface area (Å²) in [5, 5.41) is 4.09. The van der Waals surface area contributed by atoms with Gasteiger partial charge in [0, 0.05) is 85.4 Å². The predicted molar refractivity (Wildman–Crippen MR) is 130 cm³/mol. The Labute approximate surface area is 195 Å². The van der Waals surface area contributed by atoms with Crippen LogP contribution in [0.15, 0.2) is 49.2 Å². The quantitative estimate of drug-likeness (QED) is 0.426. The van der Waals surface area contributed by atoms with Gasteiger partial charge in [0.05, 0.1) is 5.69 Å². The number of piperazine rings is 1. The van der Waals surface area contributed by atoms with Crippen molar-refractivity contribution < 1.29 is 4.39 Å². The molecule has 34 heavy (non-hydrogen) atoms. The van der Waals surface area contributed by atoms with Crippen LogP contribution in [0, 0.1) is 12.7 Å². The number of likely N-dealkylation sites (N-methyl/N-ethyl adjacent to an activating group) is 1. The Balaban J connectivity index is 1.27. The van der Waals surface area contributed by atoms with E-state index in [-0.39, 0.29) is 5.82 Å². The second kappa shape index (κ2) is 8.07. The van der Waals surface area contributed by atoms with Gasteiger partial charge in [-0.25, -0.2) is 19.3 Å². The molecule has 1 aliphatic rings. The molecule has 0 spiro atoms. The molecule has 1 fully saturated rings. The summed E-state index contributed by atoms with van der Waals surface area (Å²) in [4.78, 5) is 25.7. The molecular weight excluding hydrogens is 433 g/mol. The molecule has 1 aliphatic heterocycles. The lowest BCUT2D eigenvalue weighted by Crippen LogP contribution is -2.44. The fraction of sp³-hybridized carbons (Fsp3) is 0.250. The molecule has 1 saturated heterocycles. The zero-order chi connectivity index (χ0) is 23.2. The van der Waals surface area contributed by atoms with E-state index in [1.165, 1.54) is 6.07 Å². The lowest BCUT2D eigenvalue weighted by Gasteiger charge is -2.33. The van der Waals surface area contributed by atoms with E-state index in [9.17, 15) is 4.39 Å². The van der Waals surface area contributed by atoms with Crippen molar-refractivity contribution in [3.05, 3.63) is 60.7 Å². The van der Waals surface area contributed by atoms with Crippen molar-refractivity contribution in [3.8, 4) is 11.1 Å². The number of aromatic amines is 1. The van der Waals surface area contributed by atoms with Crippen molar-refractivity contribution >= 4 is 34.1 Å². The minimum Gasteiger partial charge on any atom is -0.354 e. The van der Waals surface area contributed by atoms with Gasteiger partial charge in [-0.2, -0.15) is 4.98 Å². The zero-order valence-electron chi connectivity index (χ0n) is 19.0. The number of nitrogens with zero attached hydrogens (tertiary/aromatic N) is 7. The SMILES string of the molecule is Cc1cn2cc(-c3c[nH]c4nc(Nc5ccnc(N6CCN(C)CC6)c5)ncc34)cc(F)c2n1. The van der Waals surface area contributed by atoms with Crippen LogP contribution in [0.5, 0.6) is 0 Å². The highest BCUT2D eigenvalue weighted by Crippen LogP contribution is 2.30. The van der Waals surface area contributed by atoms with Crippen molar-refractivity contribution in [2.75, 3.05) is 43.4 Å². The first kappa shape index (κ1) is 20.5. The van der Waals surface area contributed by atoms with Crippen LogP contribution in [-0.4, -0.2) is 67.4 Å². The van der Waals surface area contributed by atoms with Gasteiger partial charge in [0.15, 0.2) is 11.5 Å². The van der Waals surface area contributed by atoms with Crippen LogP contribution >= 0.6 is 0 Å². The molecule has 10 heteroatoms. The topological polar surface area (TPSA) is 90.3 Å². The lowest BCUT2D eigenvalue weighted by atomic mass is 10.1. The number of halogens is 1. The van der Waals surface area contributed by atoms with Crippen molar-refractivity contribution in [1.82, 2.24) is 34.2 Å². The summed E-state index contributed by atoms with van der Waals surface area (Å²) >= 11 is 0. The van der Waals surface area contributed by atoms with Gasteiger partial charge in [0.2, 0.25) is 5.95 Å². The standard InChI is InChI=1S/C24H24FN9/c1-15-13-34-14-16(9-20(25)23(34)29-15)18-11-27-22-19(18)12-28-24(31-22)30-17-3-4-26-21(10-17)33-7-5-32(2)6-8-33/h3-4,9-14H,5-8H2,1-2H3,(H2,26,27,28,30,31). The predicted octanol–water partition coefficient (Wildman–Crippen LogP) is 3.61. The Morgan fingerprint density at radius 1 is 1.06 bits per heavy atom. The Bertz CT molecular complexity index is 1500. The van der Waals surface area contributed by atoms with Gasteiger partial charge < -0.3 is 24.5 Å². The molecule has 2 N–H and O–H groups in total. The summed E-state index contributed by atoms with van der Waals surface area (Å²) in [6, 6.07) is 5.41. The summed E-state index contributed by atoms with van der Waals surface area (Å²) in [5.41, 5.74) is 4.18. The number of H-pyrrole nitrogens is 1. The molecule has 0 saturated carbocycles. The van der Waals surface area contributed by atoms with Crippen molar-refractivity contribution in [2.45, 2.75) is 6.92 Å². The molecule has 0 aliphatic carbocycles. The van der Waals surface area contributed by atoms with E-state index in [1.54, 1.807) is 23.0 Å². The van der Waals surface area contributed by atoms with Gasteiger partial charge in [-0.05, 0) is 26.1 Å². The van der Waals surface area contributed by atoms with Gasteiger partial charge in [-0.15, -0.1) is 0 Å². The van der Waals surface area contributed by atoms with E-state index < -0.39 is 0 Å². The monoisotopic (exact) mass is 457 g/mol. The largest absolute Gasteiger partial charge is 0.354 e. The third kappa shape index (κ3) is 3.71. The van der Waals surface area contributed by atoms with E-state index in [2.05, 4.69) is 47.1 Å². The molecule has 0 amide bonds. The van der Waals surface area contributed by atoms with E-state index in [4.69, 9.17) is 0 Å². The highest BCUT2D eigenvalue weighted by molar-refractivity contribution is 5.93. The van der Waals surface area contributed by atoms with Crippen LogP contribution < -0.4 is 10.2 Å². The van der Waals surface area contributed by atoms with Crippen molar-refractivity contribution in [2.24, 2.45) is 0 Å². The summed E-state index contributed by atoms with van der Waals surface area (Å²) in [6.45, 7) is 5.78. The maximum atomic E-state index is 14.6. The number of rotatable bonds is 4. The fourth-order valence-corrected chi connectivity index (χ4v) is 4.37. The normalized spacial score (nSPS) is 14.9. The number of imidazole rings is 1. The molecule has 9 nitrogen and oxygen atoms in total. The van der Waals surface area contributed by atoms with Gasteiger partial charge in [-0.1, -0.05) is 0 Å². The van der Waals surface area contributed by atoms with Crippen LogP contribution in [0.2, 0.25) is 0 Å². The third-order valence-electron chi connectivity index (χ3n) is 6.20. The van der Waals surface area contributed by atoms with Crippen LogP contribution in [0.25, 0.3) is 27.8 Å². The zero-order valence-corrected chi connectivity index (χ0v) is 19.0. The Morgan fingerprint density at radius 2 is 1.91 bits per heavy atom. The Hall–Kier alpha value is -4.05. The molecule has 5 aromatic heterocycles. The molecule has 0 unspecified atom stereocenters. The molecule has 6 rings (SSSR count). The number of aryl methyl sites for hydroxylation is 1. The second-order valence-electron chi connectivity index (χ2n) is 8.67. The van der Waals surface area contributed by atoms with Crippen LogP contribution in [0.1, 0.15) is 5.69 Å². The number of hydrogen-bond donors (Lipinski definition) is 2. The summed E-state index contributed by atoms with van der Waals surface area (Å²) in [7, 11) is 2.13.